The van der Waals surface area contributed by atoms with E-state index in [1.54, 1.807) is 6.92 Å². The van der Waals surface area contributed by atoms with Crippen molar-refractivity contribution in [3.63, 3.8) is 0 Å². The number of hydrogen-bond acceptors (Lipinski definition) is 5. The lowest BCUT2D eigenvalue weighted by Gasteiger charge is -2.23. The van der Waals surface area contributed by atoms with Crippen LogP contribution in [0.5, 0.6) is 0 Å². The van der Waals surface area contributed by atoms with Crippen LogP contribution in [0, 0.1) is 5.82 Å². The van der Waals surface area contributed by atoms with Gasteiger partial charge in [0.05, 0.1) is 17.6 Å². The molecule has 0 heterocycles. The maximum absolute atomic E-state index is 13.2. The van der Waals surface area contributed by atoms with Crippen LogP contribution in [0.25, 0.3) is 0 Å². The normalized spacial score (nSPS) is 13.3. The van der Waals surface area contributed by atoms with E-state index in [0.717, 1.165) is 29.6 Å². The first-order valence-electron chi connectivity index (χ1n) is 5.81. The molecule has 0 radical (unpaired) electrons. The Bertz CT molecular complexity index is 603. The van der Waals surface area contributed by atoms with E-state index >= 15 is 0 Å². The molecule has 0 bridgehead atoms. The van der Waals surface area contributed by atoms with Gasteiger partial charge < -0.3 is 10.5 Å². The third-order valence-corrected chi connectivity index (χ3v) is 5.00. The number of halogens is 1. The Morgan fingerprint density at radius 3 is 2.60 bits per heavy atom. The standard InChI is InChI=1S/C12H17FN2O4S/c1-8(7-14)15(2)20(17,18)11-5-4-9(13)6-10(11)12(16)19-3/h4-6,8H,7,14H2,1-3H3. The largest absolute Gasteiger partial charge is 0.465 e. The second-order valence-electron chi connectivity index (χ2n) is 4.24. The van der Waals surface area contributed by atoms with Gasteiger partial charge in [-0.25, -0.2) is 17.6 Å². The molecule has 0 saturated carbocycles. The zero-order valence-corrected chi connectivity index (χ0v) is 12.3. The molecule has 1 aromatic carbocycles. The van der Waals surface area contributed by atoms with Crippen LogP contribution in [-0.4, -0.2) is 45.4 Å². The number of esters is 1. The minimum atomic E-state index is -3.97. The molecule has 0 aliphatic carbocycles. The van der Waals surface area contributed by atoms with Crippen molar-refractivity contribution in [3.8, 4) is 0 Å². The highest BCUT2D eigenvalue weighted by Gasteiger charge is 2.29. The van der Waals surface area contributed by atoms with Gasteiger partial charge >= 0.3 is 5.97 Å². The van der Waals surface area contributed by atoms with E-state index in [2.05, 4.69) is 4.74 Å². The van der Waals surface area contributed by atoms with Crippen molar-refractivity contribution in [2.45, 2.75) is 17.9 Å². The van der Waals surface area contributed by atoms with Crippen molar-refractivity contribution in [2.24, 2.45) is 5.73 Å². The van der Waals surface area contributed by atoms with Gasteiger partial charge in [-0.3, -0.25) is 0 Å². The van der Waals surface area contributed by atoms with Crippen molar-refractivity contribution in [3.05, 3.63) is 29.6 Å². The summed E-state index contributed by atoms with van der Waals surface area (Å²) in [5.41, 5.74) is 5.09. The Labute approximate surface area is 117 Å². The van der Waals surface area contributed by atoms with Gasteiger partial charge in [0.15, 0.2) is 0 Å². The maximum Gasteiger partial charge on any atom is 0.339 e. The summed E-state index contributed by atoms with van der Waals surface area (Å²) in [5, 5.41) is 0. The van der Waals surface area contributed by atoms with Crippen LogP contribution in [-0.2, 0) is 14.8 Å². The van der Waals surface area contributed by atoms with Crippen LogP contribution in [0.15, 0.2) is 23.1 Å². The molecule has 0 aromatic heterocycles. The van der Waals surface area contributed by atoms with E-state index in [9.17, 15) is 17.6 Å². The summed E-state index contributed by atoms with van der Waals surface area (Å²) in [6, 6.07) is 2.38. The number of benzene rings is 1. The van der Waals surface area contributed by atoms with Crippen LogP contribution >= 0.6 is 0 Å². The Kier molecular flexibility index (Phi) is 5.21. The van der Waals surface area contributed by atoms with Crippen molar-refractivity contribution in [1.29, 1.82) is 0 Å². The molecular formula is C12H17FN2O4S. The van der Waals surface area contributed by atoms with E-state index in [1.807, 2.05) is 0 Å². The van der Waals surface area contributed by atoms with Gasteiger partial charge in [0.1, 0.15) is 5.82 Å². The molecule has 20 heavy (non-hydrogen) atoms. The van der Waals surface area contributed by atoms with Crippen LogP contribution in [0.3, 0.4) is 0 Å². The molecule has 0 aliphatic heterocycles. The van der Waals surface area contributed by atoms with Gasteiger partial charge in [0.2, 0.25) is 10.0 Å². The smallest absolute Gasteiger partial charge is 0.339 e. The van der Waals surface area contributed by atoms with E-state index in [0.29, 0.717) is 0 Å². The van der Waals surface area contributed by atoms with E-state index in [1.165, 1.54) is 7.05 Å². The minimum Gasteiger partial charge on any atom is -0.465 e. The quantitative estimate of drug-likeness (QED) is 0.804. The van der Waals surface area contributed by atoms with Gasteiger partial charge in [0, 0.05) is 19.6 Å². The van der Waals surface area contributed by atoms with Crippen LogP contribution in [0.4, 0.5) is 4.39 Å². The molecule has 2 N–H and O–H groups in total. The molecule has 6 nitrogen and oxygen atoms in total. The fourth-order valence-electron chi connectivity index (χ4n) is 1.54. The summed E-state index contributed by atoms with van der Waals surface area (Å²) in [6.45, 7) is 1.74. The van der Waals surface area contributed by atoms with Crippen LogP contribution < -0.4 is 5.73 Å². The zero-order valence-electron chi connectivity index (χ0n) is 11.5. The highest BCUT2D eigenvalue weighted by Crippen LogP contribution is 2.22. The number of carbonyl (C=O) groups excluding carboxylic acids is 1. The molecule has 0 amide bonds. The Balaban J connectivity index is 3.42. The molecular weight excluding hydrogens is 287 g/mol. The molecule has 8 heteroatoms. The third-order valence-electron chi connectivity index (χ3n) is 2.97. The first-order valence-corrected chi connectivity index (χ1v) is 7.25. The van der Waals surface area contributed by atoms with Crippen molar-refractivity contribution >= 4 is 16.0 Å². The van der Waals surface area contributed by atoms with Crippen molar-refractivity contribution in [2.75, 3.05) is 20.7 Å². The number of nitrogens with zero attached hydrogens (tertiary/aromatic N) is 1. The van der Waals surface area contributed by atoms with Gasteiger partial charge in [-0.15, -0.1) is 0 Å². The van der Waals surface area contributed by atoms with Crippen molar-refractivity contribution < 1.29 is 22.3 Å². The topological polar surface area (TPSA) is 89.7 Å². The predicted molar refractivity (Wildman–Crippen MR) is 71.2 cm³/mol. The first-order chi connectivity index (χ1) is 9.25. The number of carbonyl (C=O) groups is 1. The lowest BCUT2D eigenvalue weighted by molar-refractivity contribution is 0.0595. The van der Waals surface area contributed by atoms with Crippen molar-refractivity contribution in [1.82, 2.24) is 4.31 Å². The van der Waals surface area contributed by atoms with Crippen LogP contribution in [0.2, 0.25) is 0 Å². The van der Waals surface area contributed by atoms with Gasteiger partial charge in [0.25, 0.3) is 0 Å². The summed E-state index contributed by atoms with van der Waals surface area (Å²) in [6.07, 6.45) is 0. The second-order valence-corrected chi connectivity index (χ2v) is 6.20. The summed E-state index contributed by atoms with van der Waals surface area (Å²) in [7, 11) is -1.53. The second kappa shape index (κ2) is 6.29. The zero-order chi connectivity index (χ0) is 15.5. The number of methoxy groups -OCH3 is 1. The number of nitrogens with two attached hydrogens (primary N) is 1. The molecule has 1 aromatic rings. The average Bonchev–Trinajstić information content (AvgIpc) is 2.44. The lowest BCUT2D eigenvalue weighted by Crippen LogP contribution is -2.40. The molecule has 0 fully saturated rings. The lowest BCUT2D eigenvalue weighted by atomic mass is 10.2. The Morgan fingerprint density at radius 2 is 2.10 bits per heavy atom. The van der Waals surface area contributed by atoms with E-state index in [4.69, 9.17) is 5.73 Å². The van der Waals surface area contributed by atoms with Gasteiger partial charge in [-0.1, -0.05) is 0 Å². The number of hydrogen-bond donors (Lipinski definition) is 1. The highest BCUT2D eigenvalue weighted by molar-refractivity contribution is 7.89. The number of rotatable bonds is 5. The fourth-order valence-corrected chi connectivity index (χ4v) is 3.07. The monoisotopic (exact) mass is 304 g/mol. The molecule has 1 unspecified atom stereocenters. The number of ether oxygens (including phenoxy) is 1. The first kappa shape index (κ1) is 16.5. The predicted octanol–water partition coefficient (Wildman–Crippen LogP) is 0.580. The summed E-state index contributed by atoms with van der Waals surface area (Å²) >= 11 is 0. The number of likely N-dealkylation sites (N-methyl/N-ethyl adjacent to an activating group) is 1. The SMILES string of the molecule is COC(=O)c1cc(F)ccc1S(=O)(=O)N(C)C(C)CN. The maximum atomic E-state index is 13.2. The molecule has 0 saturated heterocycles. The summed E-state index contributed by atoms with van der Waals surface area (Å²) in [5.74, 6) is -1.64. The van der Waals surface area contributed by atoms with E-state index < -0.39 is 27.9 Å². The Morgan fingerprint density at radius 1 is 1.50 bits per heavy atom. The molecule has 0 aliphatic rings. The highest BCUT2D eigenvalue weighted by atomic mass is 32.2. The Hall–Kier alpha value is -1.51. The number of sulfonamides is 1. The van der Waals surface area contributed by atoms with Crippen LogP contribution in [0.1, 0.15) is 17.3 Å². The van der Waals surface area contributed by atoms with E-state index in [-0.39, 0.29) is 17.0 Å². The third kappa shape index (κ3) is 3.14. The summed E-state index contributed by atoms with van der Waals surface area (Å²) < 4.78 is 43.6. The summed E-state index contributed by atoms with van der Waals surface area (Å²) in [4.78, 5) is 11.3. The molecule has 1 atom stereocenters. The fraction of sp³-hybridized carbons (Fsp3) is 0.417. The molecule has 0 spiro atoms. The minimum absolute atomic E-state index is 0.116. The van der Waals surface area contributed by atoms with Gasteiger partial charge in [-0.05, 0) is 25.1 Å². The molecule has 1 rings (SSSR count). The molecule has 112 valence electrons. The average molecular weight is 304 g/mol. The van der Waals surface area contributed by atoms with Gasteiger partial charge in [-0.2, -0.15) is 4.31 Å².